The lowest BCUT2D eigenvalue weighted by Gasteiger charge is -2.36. The summed E-state index contributed by atoms with van der Waals surface area (Å²) < 4.78 is 14.2. The number of fused-ring (bicyclic) bond motifs is 1. The van der Waals surface area contributed by atoms with Gasteiger partial charge in [0.2, 0.25) is 17.6 Å². The minimum absolute atomic E-state index is 0.195. The number of piperazine rings is 1. The van der Waals surface area contributed by atoms with Gasteiger partial charge in [0, 0.05) is 51.9 Å². The maximum Gasteiger partial charge on any atom is 0.286 e. The number of piperidine rings is 1. The van der Waals surface area contributed by atoms with Gasteiger partial charge in [0.15, 0.2) is 0 Å². The number of H-pyrrole nitrogens is 1. The molecule has 2 saturated heterocycles. The van der Waals surface area contributed by atoms with Gasteiger partial charge in [-0.2, -0.15) is 17.0 Å². The summed E-state index contributed by atoms with van der Waals surface area (Å²) in [6.45, 7) is 4.20. The van der Waals surface area contributed by atoms with Crippen molar-refractivity contribution in [1.82, 2.24) is 20.1 Å². The first-order chi connectivity index (χ1) is 15.9. The minimum atomic E-state index is -0.732. The van der Waals surface area contributed by atoms with Crippen LogP contribution in [0.2, 0.25) is 0 Å². The van der Waals surface area contributed by atoms with Crippen molar-refractivity contribution in [2.24, 2.45) is 0 Å². The third-order valence-electron chi connectivity index (χ3n) is 6.76. The second kappa shape index (κ2) is 8.92. The number of carbonyl (C=O) groups excluding carboxylic acids is 2. The summed E-state index contributed by atoms with van der Waals surface area (Å²) in [4.78, 5) is 44.0. The van der Waals surface area contributed by atoms with Crippen LogP contribution < -0.4 is 15.8 Å². The Morgan fingerprint density at radius 3 is 2.64 bits per heavy atom. The van der Waals surface area contributed by atoms with E-state index in [1.54, 1.807) is 6.07 Å². The number of halogens is 1. The fourth-order valence-corrected chi connectivity index (χ4v) is 5.45. The summed E-state index contributed by atoms with van der Waals surface area (Å²) in [6, 6.07) is 7.62. The zero-order chi connectivity index (χ0) is 23.1. The Kier molecular flexibility index (Phi) is 5.98. The van der Waals surface area contributed by atoms with Gasteiger partial charge >= 0.3 is 0 Å². The van der Waals surface area contributed by atoms with E-state index in [2.05, 4.69) is 33.4 Å². The fraction of sp³-hybridized carbons (Fsp3) is 0.435. The highest BCUT2D eigenvalue weighted by Gasteiger charge is 2.39. The molecular formula is C23H26FN5O3S. The van der Waals surface area contributed by atoms with Gasteiger partial charge in [-0.25, -0.2) is 0 Å². The number of nitrogens with one attached hydrogen (secondary N) is 2. The van der Waals surface area contributed by atoms with E-state index in [0.717, 1.165) is 36.3 Å². The molecule has 0 saturated carbocycles. The second-order valence-corrected chi connectivity index (χ2v) is 9.30. The summed E-state index contributed by atoms with van der Waals surface area (Å²) in [5, 5.41) is 2.24. The van der Waals surface area contributed by atoms with Crippen LogP contribution in [0.3, 0.4) is 0 Å². The van der Waals surface area contributed by atoms with Crippen LogP contribution in [0.25, 0.3) is 0 Å². The van der Waals surface area contributed by atoms with Crippen molar-refractivity contribution in [3.8, 4) is 0 Å². The molecule has 3 aliphatic heterocycles. The van der Waals surface area contributed by atoms with Crippen molar-refractivity contribution < 1.29 is 14.0 Å². The van der Waals surface area contributed by atoms with E-state index in [1.165, 1.54) is 6.20 Å². The number of pyridine rings is 1. The molecule has 33 heavy (non-hydrogen) atoms. The third kappa shape index (κ3) is 4.30. The predicted octanol–water partition coefficient (Wildman–Crippen LogP) is 1.39. The zero-order valence-electron chi connectivity index (χ0n) is 18.1. The number of thiol groups is 1. The molecule has 2 amide bonds. The Balaban J connectivity index is 1.22. The van der Waals surface area contributed by atoms with Gasteiger partial charge in [-0.1, -0.05) is 18.2 Å². The Bertz CT molecular complexity index is 1150. The molecule has 2 N–H and O–H groups in total. The van der Waals surface area contributed by atoms with Crippen molar-refractivity contribution in [3.05, 3.63) is 63.3 Å². The van der Waals surface area contributed by atoms with Gasteiger partial charge in [0.25, 0.3) is 5.56 Å². The van der Waals surface area contributed by atoms with Gasteiger partial charge < -0.3 is 9.88 Å². The average molecular weight is 472 g/mol. The molecule has 2 aromatic rings. The first-order valence-corrected chi connectivity index (χ1v) is 11.7. The Hall–Kier alpha value is -2.69. The first kappa shape index (κ1) is 22.1. The van der Waals surface area contributed by atoms with E-state index in [1.807, 2.05) is 9.80 Å². The number of aromatic amines is 1. The number of nitrogens with zero attached hydrogens (tertiary/aromatic N) is 3. The number of rotatable bonds is 4. The SMILES string of the molecule is O=C1CCC(N2Cc3ccc(CN4CCN(c5cc[nH]c(=O)c5F)CC4)cc3C2S)C(=O)N1. The molecule has 1 aromatic heterocycles. The topological polar surface area (TPSA) is 88.8 Å². The van der Waals surface area contributed by atoms with Crippen LogP contribution >= 0.6 is 12.6 Å². The van der Waals surface area contributed by atoms with Crippen molar-refractivity contribution >= 4 is 30.1 Å². The second-order valence-electron chi connectivity index (χ2n) is 8.82. The summed E-state index contributed by atoms with van der Waals surface area (Å²) in [6.07, 6.45) is 2.34. The van der Waals surface area contributed by atoms with Crippen LogP contribution in [0, 0.1) is 5.82 Å². The van der Waals surface area contributed by atoms with E-state index < -0.39 is 11.4 Å². The number of amides is 2. The van der Waals surface area contributed by atoms with Crippen LogP contribution in [0.1, 0.15) is 34.9 Å². The van der Waals surface area contributed by atoms with Crippen LogP contribution in [-0.2, 0) is 22.7 Å². The Labute approximate surface area is 196 Å². The molecule has 8 nitrogen and oxygen atoms in total. The van der Waals surface area contributed by atoms with Crippen molar-refractivity contribution in [3.63, 3.8) is 0 Å². The number of imide groups is 1. The molecule has 2 unspecified atom stereocenters. The van der Waals surface area contributed by atoms with Crippen LogP contribution in [-0.4, -0.2) is 58.8 Å². The molecule has 10 heteroatoms. The van der Waals surface area contributed by atoms with E-state index in [-0.39, 0.29) is 23.2 Å². The highest BCUT2D eigenvalue weighted by atomic mass is 32.1. The highest BCUT2D eigenvalue weighted by Crippen LogP contribution is 2.39. The molecule has 3 aliphatic rings. The third-order valence-corrected chi connectivity index (χ3v) is 7.34. The van der Waals surface area contributed by atoms with Gasteiger partial charge in [0.05, 0.1) is 17.1 Å². The molecule has 5 rings (SSSR count). The first-order valence-electron chi connectivity index (χ1n) is 11.1. The van der Waals surface area contributed by atoms with Crippen LogP contribution in [0.4, 0.5) is 10.1 Å². The fourth-order valence-electron chi connectivity index (χ4n) is 4.97. The number of anilines is 1. The Morgan fingerprint density at radius 1 is 1.09 bits per heavy atom. The van der Waals surface area contributed by atoms with Crippen LogP contribution in [0.5, 0.6) is 0 Å². The molecule has 0 spiro atoms. The standard InChI is InChI=1S/C23H26FN5O3S/c24-20-17(5-6-25-22(20)32)28-9-7-27(8-10-28)12-14-1-2-15-13-29(23(33)16(15)11-14)18-3-4-19(30)26-21(18)31/h1-2,5-6,11,18,23,33H,3-4,7-10,12-13H2,(H,25,32)(H,26,30,31). The molecular weight excluding hydrogens is 445 g/mol. The van der Waals surface area contributed by atoms with Crippen LogP contribution in [0.15, 0.2) is 35.3 Å². The van der Waals surface area contributed by atoms with Crippen molar-refractivity contribution in [2.45, 2.75) is 37.3 Å². The van der Waals surface area contributed by atoms with E-state index in [4.69, 9.17) is 12.6 Å². The molecule has 0 aliphatic carbocycles. The zero-order valence-corrected chi connectivity index (χ0v) is 19.0. The molecule has 174 valence electrons. The predicted molar refractivity (Wildman–Crippen MR) is 124 cm³/mol. The number of carbonyl (C=O) groups is 2. The number of hydrogen-bond donors (Lipinski definition) is 3. The summed E-state index contributed by atoms with van der Waals surface area (Å²) in [5.74, 6) is -1.19. The lowest BCUT2D eigenvalue weighted by atomic mass is 10.0. The summed E-state index contributed by atoms with van der Waals surface area (Å²) in [7, 11) is 0. The maximum atomic E-state index is 14.2. The Morgan fingerprint density at radius 2 is 1.88 bits per heavy atom. The lowest BCUT2D eigenvalue weighted by Crippen LogP contribution is -2.51. The average Bonchev–Trinajstić information content (AvgIpc) is 3.12. The largest absolute Gasteiger partial charge is 0.366 e. The molecule has 2 atom stereocenters. The van der Waals surface area contributed by atoms with E-state index in [0.29, 0.717) is 38.2 Å². The molecule has 2 fully saturated rings. The molecule has 0 radical (unpaired) electrons. The van der Waals surface area contributed by atoms with Gasteiger partial charge in [-0.05, 0) is 29.2 Å². The number of benzene rings is 1. The quantitative estimate of drug-likeness (QED) is 0.461. The van der Waals surface area contributed by atoms with E-state index in [9.17, 15) is 18.8 Å². The van der Waals surface area contributed by atoms with Gasteiger partial charge in [-0.15, -0.1) is 0 Å². The highest BCUT2D eigenvalue weighted by molar-refractivity contribution is 7.80. The van der Waals surface area contributed by atoms with E-state index >= 15 is 0 Å². The summed E-state index contributed by atoms with van der Waals surface area (Å²) >= 11 is 4.80. The maximum absolute atomic E-state index is 14.2. The summed E-state index contributed by atoms with van der Waals surface area (Å²) in [5.41, 5.74) is 3.07. The molecule has 1 aromatic carbocycles. The lowest BCUT2D eigenvalue weighted by molar-refractivity contribution is -0.137. The van der Waals surface area contributed by atoms with Gasteiger partial charge in [-0.3, -0.25) is 29.5 Å². The molecule has 0 bridgehead atoms. The molecule has 4 heterocycles. The number of aromatic nitrogens is 1. The van der Waals surface area contributed by atoms with Gasteiger partial charge in [0.1, 0.15) is 0 Å². The monoisotopic (exact) mass is 471 g/mol. The van der Waals surface area contributed by atoms with Crippen molar-refractivity contribution in [2.75, 3.05) is 31.1 Å². The number of hydrogen-bond acceptors (Lipinski definition) is 7. The smallest absolute Gasteiger partial charge is 0.286 e. The normalized spacial score (nSPS) is 24.1. The minimum Gasteiger partial charge on any atom is -0.366 e. The van der Waals surface area contributed by atoms with Crippen molar-refractivity contribution in [1.29, 1.82) is 0 Å².